The summed E-state index contributed by atoms with van der Waals surface area (Å²) in [4.78, 5) is 2.11. The summed E-state index contributed by atoms with van der Waals surface area (Å²) >= 11 is 0. The summed E-state index contributed by atoms with van der Waals surface area (Å²) in [7, 11) is 4.12. The molecule has 1 saturated heterocycles. The summed E-state index contributed by atoms with van der Waals surface area (Å²) in [5, 5.41) is 0. The zero-order valence-corrected chi connectivity index (χ0v) is 10.6. The third-order valence-electron chi connectivity index (χ3n) is 4.37. The summed E-state index contributed by atoms with van der Waals surface area (Å²) in [6.45, 7) is 1.57. The Morgan fingerprint density at radius 1 is 1.12 bits per heavy atom. The Labute approximate surface area is 103 Å². The standard InChI is InChI=1S/C14H20N2O/c1-16(2)12-5-3-11(4-6-12)13(9-17-10-13)14(15)7-8-14/h3-6H,7-10,15H2,1-2H3. The molecule has 1 saturated carbocycles. The Bertz CT molecular complexity index is 416. The van der Waals surface area contributed by atoms with Gasteiger partial charge in [0, 0.05) is 25.3 Å². The number of nitrogens with zero attached hydrogens (tertiary/aromatic N) is 1. The van der Waals surface area contributed by atoms with Crippen molar-refractivity contribution in [2.75, 3.05) is 32.2 Å². The Kier molecular flexibility index (Phi) is 2.25. The van der Waals surface area contributed by atoms with Crippen LogP contribution in [0.3, 0.4) is 0 Å². The molecule has 3 nitrogen and oxygen atoms in total. The zero-order chi connectivity index (χ0) is 12.1. The van der Waals surface area contributed by atoms with Gasteiger partial charge >= 0.3 is 0 Å². The number of benzene rings is 1. The van der Waals surface area contributed by atoms with Crippen LogP contribution in [0.2, 0.25) is 0 Å². The second-order valence-corrected chi connectivity index (χ2v) is 5.67. The van der Waals surface area contributed by atoms with Crippen molar-refractivity contribution in [3.8, 4) is 0 Å². The Morgan fingerprint density at radius 2 is 1.71 bits per heavy atom. The molecule has 0 atom stereocenters. The molecule has 3 rings (SSSR count). The Morgan fingerprint density at radius 3 is 2.06 bits per heavy atom. The topological polar surface area (TPSA) is 38.5 Å². The maximum absolute atomic E-state index is 6.43. The molecule has 17 heavy (non-hydrogen) atoms. The molecule has 1 aromatic rings. The fourth-order valence-corrected chi connectivity index (χ4v) is 2.74. The van der Waals surface area contributed by atoms with Gasteiger partial charge in [-0.15, -0.1) is 0 Å². The van der Waals surface area contributed by atoms with Crippen molar-refractivity contribution in [2.45, 2.75) is 23.8 Å². The number of anilines is 1. The highest BCUT2D eigenvalue weighted by Gasteiger charge is 2.61. The first-order valence-electron chi connectivity index (χ1n) is 6.22. The fourth-order valence-electron chi connectivity index (χ4n) is 2.74. The molecule has 1 heterocycles. The molecule has 0 aromatic heterocycles. The molecule has 0 amide bonds. The van der Waals surface area contributed by atoms with E-state index in [1.54, 1.807) is 0 Å². The molecule has 1 aliphatic heterocycles. The third-order valence-corrected chi connectivity index (χ3v) is 4.37. The van der Waals surface area contributed by atoms with Gasteiger partial charge in [-0.2, -0.15) is 0 Å². The van der Waals surface area contributed by atoms with Crippen molar-refractivity contribution in [3.05, 3.63) is 29.8 Å². The Balaban J connectivity index is 1.92. The maximum atomic E-state index is 6.43. The molecular weight excluding hydrogens is 212 g/mol. The van der Waals surface area contributed by atoms with Crippen LogP contribution in [0.1, 0.15) is 18.4 Å². The van der Waals surface area contributed by atoms with Crippen LogP contribution < -0.4 is 10.6 Å². The highest BCUT2D eigenvalue weighted by Crippen LogP contribution is 2.53. The molecule has 0 bridgehead atoms. The van der Waals surface area contributed by atoms with Crippen LogP contribution in [-0.2, 0) is 10.2 Å². The maximum Gasteiger partial charge on any atom is 0.0603 e. The van der Waals surface area contributed by atoms with Gasteiger partial charge in [0.05, 0.1) is 18.6 Å². The summed E-state index contributed by atoms with van der Waals surface area (Å²) in [5.74, 6) is 0. The van der Waals surface area contributed by atoms with E-state index in [-0.39, 0.29) is 11.0 Å². The van der Waals surface area contributed by atoms with Crippen LogP contribution in [0.4, 0.5) is 5.69 Å². The molecule has 2 fully saturated rings. The molecule has 0 radical (unpaired) electrons. The van der Waals surface area contributed by atoms with Crippen molar-refractivity contribution >= 4 is 5.69 Å². The SMILES string of the molecule is CN(C)c1ccc(C2(C3(N)CC3)COC2)cc1. The van der Waals surface area contributed by atoms with Crippen LogP contribution in [0.25, 0.3) is 0 Å². The number of rotatable bonds is 3. The predicted molar refractivity (Wildman–Crippen MR) is 69.4 cm³/mol. The summed E-state index contributed by atoms with van der Waals surface area (Å²) in [6, 6.07) is 8.76. The van der Waals surface area contributed by atoms with Gasteiger partial charge in [-0.05, 0) is 30.5 Å². The molecule has 0 spiro atoms. The van der Waals surface area contributed by atoms with Crippen molar-refractivity contribution in [1.82, 2.24) is 0 Å². The van der Waals surface area contributed by atoms with E-state index in [1.165, 1.54) is 11.3 Å². The average molecular weight is 232 g/mol. The van der Waals surface area contributed by atoms with Crippen LogP contribution in [0.5, 0.6) is 0 Å². The van der Waals surface area contributed by atoms with Gasteiger partial charge in [0.15, 0.2) is 0 Å². The second kappa shape index (κ2) is 3.47. The van der Waals surface area contributed by atoms with E-state index in [0.29, 0.717) is 0 Å². The molecular formula is C14H20N2O. The van der Waals surface area contributed by atoms with Gasteiger partial charge in [-0.3, -0.25) is 0 Å². The van der Waals surface area contributed by atoms with Crippen molar-refractivity contribution in [2.24, 2.45) is 5.73 Å². The van der Waals surface area contributed by atoms with Gasteiger partial charge in [0.25, 0.3) is 0 Å². The molecule has 2 aliphatic rings. The minimum Gasteiger partial charge on any atom is -0.379 e. The summed E-state index contributed by atoms with van der Waals surface area (Å²) in [5.41, 5.74) is 9.07. The number of hydrogen-bond donors (Lipinski definition) is 1. The normalized spacial score (nSPS) is 23.9. The minimum absolute atomic E-state index is 0.00904. The van der Waals surface area contributed by atoms with E-state index in [4.69, 9.17) is 10.5 Å². The summed E-state index contributed by atoms with van der Waals surface area (Å²) < 4.78 is 5.45. The summed E-state index contributed by atoms with van der Waals surface area (Å²) in [6.07, 6.45) is 2.26. The molecule has 3 heteroatoms. The molecule has 1 aliphatic carbocycles. The van der Waals surface area contributed by atoms with Crippen molar-refractivity contribution < 1.29 is 4.74 Å². The first-order valence-corrected chi connectivity index (χ1v) is 6.22. The second-order valence-electron chi connectivity index (χ2n) is 5.67. The van der Waals surface area contributed by atoms with Crippen LogP contribution >= 0.6 is 0 Å². The van der Waals surface area contributed by atoms with E-state index in [0.717, 1.165) is 26.1 Å². The van der Waals surface area contributed by atoms with E-state index in [1.807, 2.05) is 0 Å². The van der Waals surface area contributed by atoms with E-state index in [2.05, 4.69) is 43.3 Å². The van der Waals surface area contributed by atoms with Gasteiger partial charge in [-0.1, -0.05) is 12.1 Å². The lowest BCUT2D eigenvalue weighted by molar-refractivity contribution is -0.0786. The lowest BCUT2D eigenvalue weighted by Gasteiger charge is -2.47. The van der Waals surface area contributed by atoms with Crippen molar-refractivity contribution in [1.29, 1.82) is 0 Å². The van der Waals surface area contributed by atoms with Gasteiger partial charge in [0.2, 0.25) is 0 Å². The first-order chi connectivity index (χ1) is 8.07. The third kappa shape index (κ3) is 1.49. The lowest BCUT2D eigenvalue weighted by atomic mass is 9.70. The highest BCUT2D eigenvalue weighted by molar-refractivity contribution is 5.49. The highest BCUT2D eigenvalue weighted by atomic mass is 16.5. The smallest absolute Gasteiger partial charge is 0.0603 e. The largest absolute Gasteiger partial charge is 0.379 e. The fraction of sp³-hybridized carbons (Fsp3) is 0.571. The molecule has 92 valence electrons. The number of nitrogens with two attached hydrogens (primary N) is 1. The first kappa shape index (κ1) is 11.1. The van der Waals surface area contributed by atoms with Crippen LogP contribution in [-0.4, -0.2) is 32.8 Å². The van der Waals surface area contributed by atoms with E-state index >= 15 is 0 Å². The van der Waals surface area contributed by atoms with Gasteiger partial charge in [-0.25, -0.2) is 0 Å². The average Bonchev–Trinajstić information content (AvgIpc) is 2.96. The lowest BCUT2D eigenvalue weighted by Crippen LogP contribution is -2.60. The monoisotopic (exact) mass is 232 g/mol. The molecule has 2 N–H and O–H groups in total. The number of hydrogen-bond acceptors (Lipinski definition) is 3. The quantitative estimate of drug-likeness (QED) is 0.858. The minimum atomic E-state index is -0.00904. The van der Waals surface area contributed by atoms with Gasteiger partial charge < -0.3 is 15.4 Å². The molecule has 0 unspecified atom stereocenters. The van der Waals surface area contributed by atoms with Crippen LogP contribution in [0.15, 0.2) is 24.3 Å². The zero-order valence-electron chi connectivity index (χ0n) is 10.6. The van der Waals surface area contributed by atoms with E-state index < -0.39 is 0 Å². The van der Waals surface area contributed by atoms with Crippen LogP contribution in [0, 0.1) is 0 Å². The molecule has 1 aromatic carbocycles. The van der Waals surface area contributed by atoms with Gasteiger partial charge in [0.1, 0.15) is 0 Å². The number of ether oxygens (including phenoxy) is 1. The Hall–Kier alpha value is -1.06. The van der Waals surface area contributed by atoms with E-state index in [9.17, 15) is 0 Å². The predicted octanol–water partition coefficient (Wildman–Crippen LogP) is 1.51. The van der Waals surface area contributed by atoms with Crippen molar-refractivity contribution in [3.63, 3.8) is 0 Å².